The third kappa shape index (κ3) is 1.74. The van der Waals surface area contributed by atoms with Gasteiger partial charge in [0.1, 0.15) is 11.9 Å². The summed E-state index contributed by atoms with van der Waals surface area (Å²) in [5, 5.41) is 9.03. The lowest BCUT2D eigenvalue weighted by atomic mass is 10.0. The minimum absolute atomic E-state index is 0.391. The number of imidazole rings is 1. The molecule has 1 N–H and O–H groups in total. The van der Waals surface area contributed by atoms with Gasteiger partial charge in [-0.1, -0.05) is 0 Å². The molecule has 0 aromatic carbocycles. The molecule has 1 aromatic heterocycles. The average Bonchev–Trinajstić information content (AvgIpc) is 2.85. The Balaban J connectivity index is 2.26. The van der Waals surface area contributed by atoms with Gasteiger partial charge in [-0.15, -0.1) is 0 Å². The molecular weight excluding hydrogens is 196 g/mol. The molecule has 82 valence electrons. The predicted molar refractivity (Wildman–Crippen MR) is 52.3 cm³/mol. The Labute approximate surface area is 87.7 Å². The van der Waals surface area contributed by atoms with Crippen LogP contribution in [0.15, 0.2) is 12.4 Å². The largest absolute Gasteiger partial charge is 0.481 e. The fourth-order valence-corrected chi connectivity index (χ4v) is 1.94. The highest BCUT2D eigenvalue weighted by Crippen LogP contribution is 2.33. The van der Waals surface area contributed by atoms with Crippen LogP contribution in [0.5, 0.6) is 0 Å². The molecule has 0 bridgehead atoms. The number of aromatic nitrogens is 2. The summed E-state index contributed by atoms with van der Waals surface area (Å²) >= 11 is 0. The summed E-state index contributed by atoms with van der Waals surface area (Å²) in [7, 11) is 0. The van der Waals surface area contributed by atoms with Gasteiger partial charge in [0.15, 0.2) is 0 Å². The van der Waals surface area contributed by atoms with Crippen molar-refractivity contribution in [2.45, 2.75) is 26.0 Å². The second-order valence-corrected chi connectivity index (χ2v) is 3.60. The molecule has 1 fully saturated rings. The summed E-state index contributed by atoms with van der Waals surface area (Å²) in [6.07, 6.45) is 3.70. The Hall–Kier alpha value is -1.36. The van der Waals surface area contributed by atoms with Crippen molar-refractivity contribution < 1.29 is 14.6 Å². The molecule has 0 saturated carbocycles. The van der Waals surface area contributed by atoms with E-state index in [1.807, 2.05) is 17.7 Å². The van der Waals surface area contributed by atoms with E-state index in [0.717, 1.165) is 12.4 Å². The first kappa shape index (κ1) is 10.2. The smallest absolute Gasteiger partial charge is 0.309 e. The number of ether oxygens (including phenoxy) is 1. The molecule has 1 aliphatic heterocycles. The van der Waals surface area contributed by atoms with E-state index in [2.05, 4.69) is 4.98 Å². The molecule has 5 heteroatoms. The Morgan fingerprint density at radius 2 is 2.60 bits per heavy atom. The van der Waals surface area contributed by atoms with E-state index in [1.54, 1.807) is 6.20 Å². The molecule has 0 spiro atoms. The second-order valence-electron chi connectivity index (χ2n) is 3.60. The fraction of sp³-hybridized carbons (Fsp3) is 0.600. The highest BCUT2D eigenvalue weighted by molar-refractivity contribution is 5.71. The van der Waals surface area contributed by atoms with E-state index in [0.29, 0.717) is 13.0 Å². The molecule has 1 aromatic rings. The summed E-state index contributed by atoms with van der Waals surface area (Å²) in [6, 6.07) is 0. The van der Waals surface area contributed by atoms with E-state index in [1.165, 1.54) is 0 Å². The van der Waals surface area contributed by atoms with Gasteiger partial charge < -0.3 is 14.4 Å². The number of carbonyl (C=O) groups is 1. The van der Waals surface area contributed by atoms with Crippen LogP contribution >= 0.6 is 0 Å². The van der Waals surface area contributed by atoms with Crippen LogP contribution in [0, 0.1) is 5.92 Å². The molecule has 0 unspecified atom stereocenters. The van der Waals surface area contributed by atoms with Crippen LogP contribution in [0.25, 0.3) is 0 Å². The number of aliphatic carboxylic acids is 1. The first-order valence-corrected chi connectivity index (χ1v) is 5.09. The fourth-order valence-electron chi connectivity index (χ4n) is 1.94. The van der Waals surface area contributed by atoms with Gasteiger partial charge in [0.2, 0.25) is 0 Å². The normalized spacial score (nSPS) is 25.7. The van der Waals surface area contributed by atoms with Crippen LogP contribution in [0.1, 0.15) is 25.3 Å². The molecule has 2 rings (SSSR count). The number of hydrogen-bond acceptors (Lipinski definition) is 3. The maximum atomic E-state index is 11.0. The lowest BCUT2D eigenvalue weighted by molar-refractivity contribution is -0.143. The third-order valence-electron chi connectivity index (χ3n) is 2.75. The van der Waals surface area contributed by atoms with Gasteiger partial charge in [0.05, 0.1) is 5.92 Å². The molecule has 1 saturated heterocycles. The summed E-state index contributed by atoms with van der Waals surface area (Å²) in [5.41, 5.74) is 0. The molecule has 2 heterocycles. The van der Waals surface area contributed by atoms with Crippen molar-refractivity contribution >= 4 is 5.97 Å². The van der Waals surface area contributed by atoms with Crippen molar-refractivity contribution in [3.63, 3.8) is 0 Å². The molecule has 2 atom stereocenters. The maximum absolute atomic E-state index is 11.0. The number of carboxylic acid groups (broad SMARTS) is 1. The Kier molecular flexibility index (Phi) is 2.73. The molecule has 15 heavy (non-hydrogen) atoms. The van der Waals surface area contributed by atoms with Crippen molar-refractivity contribution in [1.82, 2.24) is 9.55 Å². The monoisotopic (exact) mass is 210 g/mol. The molecule has 0 aliphatic carbocycles. The number of hydrogen-bond donors (Lipinski definition) is 1. The Morgan fingerprint density at radius 1 is 1.80 bits per heavy atom. The van der Waals surface area contributed by atoms with E-state index < -0.39 is 18.0 Å². The highest BCUT2D eigenvalue weighted by atomic mass is 16.5. The molecule has 0 amide bonds. The van der Waals surface area contributed by atoms with Crippen LogP contribution in [0.4, 0.5) is 0 Å². The van der Waals surface area contributed by atoms with Gasteiger partial charge in [-0.3, -0.25) is 4.79 Å². The van der Waals surface area contributed by atoms with Gasteiger partial charge in [-0.25, -0.2) is 4.98 Å². The summed E-state index contributed by atoms with van der Waals surface area (Å²) in [5.74, 6) is -0.539. The van der Waals surface area contributed by atoms with Crippen molar-refractivity contribution in [3.8, 4) is 0 Å². The van der Waals surface area contributed by atoms with Gasteiger partial charge >= 0.3 is 5.97 Å². The van der Waals surface area contributed by atoms with E-state index in [-0.39, 0.29) is 0 Å². The van der Waals surface area contributed by atoms with E-state index in [9.17, 15) is 4.79 Å². The van der Waals surface area contributed by atoms with Gasteiger partial charge in [0.25, 0.3) is 0 Å². The van der Waals surface area contributed by atoms with Gasteiger partial charge in [-0.05, 0) is 13.3 Å². The average molecular weight is 210 g/mol. The zero-order chi connectivity index (χ0) is 10.8. The number of rotatable bonds is 3. The minimum Gasteiger partial charge on any atom is -0.481 e. The Bertz CT molecular complexity index is 361. The standard InChI is InChI=1S/C10H14N2O3/c1-2-12-5-4-11-9(12)8-7(10(13)14)3-6-15-8/h4-5,7-8H,2-3,6H2,1H3,(H,13,14)/t7-,8+/m1/s1. The third-order valence-corrected chi connectivity index (χ3v) is 2.75. The molecule has 5 nitrogen and oxygen atoms in total. The summed E-state index contributed by atoms with van der Waals surface area (Å²) in [4.78, 5) is 15.2. The Morgan fingerprint density at radius 3 is 3.27 bits per heavy atom. The number of nitrogens with zero attached hydrogens (tertiary/aromatic N) is 2. The van der Waals surface area contributed by atoms with Gasteiger partial charge in [-0.2, -0.15) is 0 Å². The molecule has 0 radical (unpaired) electrons. The van der Waals surface area contributed by atoms with Crippen LogP contribution in [-0.2, 0) is 16.1 Å². The van der Waals surface area contributed by atoms with Crippen molar-refractivity contribution in [1.29, 1.82) is 0 Å². The lowest BCUT2D eigenvalue weighted by Crippen LogP contribution is -2.20. The maximum Gasteiger partial charge on any atom is 0.309 e. The van der Waals surface area contributed by atoms with Gasteiger partial charge in [0, 0.05) is 25.5 Å². The zero-order valence-corrected chi connectivity index (χ0v) is 8.59. The quantitative estimate of drug-likeness (QED) is 0.810. The summed E-state index contributed by atoms with van der Waals surface area (Å²) < 4.78 is 7.37. The lowest BCUT2D eigenvalue weighted by Gasteiger charge is -2.15. The first-order valence-electron chi connectivity index (χ1n) is 5.09. The van der Waals surface area contributed by atoms with Crippen LogP contribution in [0.3, 0.4) is 0 Å². The van der Waals surface area contributed by atoms with Crippen molar-refractivity contribution in [2.75, 3.05) is 6.61 Å². The van der Waals surface area contributed by atoms with E-state index in [4.69, 9.17) is 9.84 Å². The minimum atomic E-state index is -0.803. The summed E-state index contributed by atoms with van der Waals surface area (Å²) in [6.45, 7) is 3.27. The molecular formula is C10H14N2O3. The number of aryl methyl sites for hydroxylation is 1. The van der Waals surface area contributed by atoms with Crippen LogP contribution in [0.2, 0.25) is 0 Å². The van der Waals surface area contributed by atoms with E-state index >= 15 is 0 Å². The first-order chi connectivity index (χ1) is 7.24. The molecule has 1 aliphatic rings. The zero-order valence-electron chi connectivity index (χ0n) is 8.59. The second kappa shape index (κ2) is 4.02. The topological polar surface area (TPSA) is 64.4 Å². The number of carboxylic acids is 1. The van der Waals surface area contributed by atoms with Crippen molar-refractivity contribution in [2.24, 2.45) is 5.92 Å². The van der Waals surface area contributed by atoms with Crippen LogP contribution in [-0.4, -0.2) is 27.2 Å². The predicted octanol–water partition coefficient (Wildman–Crippen LogP) is 1.07. The SMILES string of the molecule is CCn1ccnc1[C@H]1OCC[C@H]1C(=O)O. The van der Waals surface area contributed by atoms with Crippen molar-refractivity contribution in [3.05, 3.63) is 18.2 Å². The van der Waals surface area contributed by atoms with Crippen LogP contribution < -0.4 is 0 Å². The highest BCUT2D eigenvalue weighted by Gasteiger charge is 2.37.